The molecule has 2 aromatic carbocycles. The Morgan fingerprint density at radius 3 is 2.77 bits per heavy atom. The Kier molecular flexibility index (Phi) is 4.92. The van der Waals surface area contributed by atoms with Crippen LogP contribution in [0, 0.1) is 11.3 Å². The molecule has 1 aromatic heterocycles. The molecule has 2 N–H and O–H groups in total. The van der Waals surface area contributed by atoms with E-state index in [1.807, 2.05) is 12.1 Å². The number of nitrogens with zero attached hydrogens (tertiary/aromatic N) is 2. The lowest BCUT2D eigenvalue weighted by molar-refractivity contribution is 0.0697. The van der Waals surface area contributed by atoms with Crippen molar-refractivity contribution in [3.05, 3.63) is 64.2 Å². The van der Waals surface area contributed by atoms with E-state index in [-0.39, 0.29) is 11.4 Å². The average Bonchev–Trinajstić information content (AvgIpc) is 2.65. The Hall–Kier alpha value is -3.30. The number of nitriles is 1. The van der Waals surface area contributed by atoms with Crippen LogP contribution in [0.15, 0.2) is 42.5 Å². The Morgan fingerprint density at radius 2 is 2.12 bits per heavy atom. The van der Waals surface area contributed by atoms with E-state index in [9.17, 15) is 9.90 Å². The van der Waals surface area contributed by atoms with E-state index < -0.39 is 5.97 Å². The monoisotopic (exact) mass is 367 g/mol. The Morgan fingerprint density at radius 1 is 1.31 bits per heavy atom. The number of ether oxygens (including phenoxy) is 1. The van der Waals surface area contributed by atoms with E-state index in [1.54, 1.807) is 30.3 Å². The first kappa shape index (κ1) is 17.5. The van der Waals surface area contributed by atoms with Crippen molar-refractivity contribution in [1.29, 1.82) is 5.26 Å². The van der Waals surface area contributed by atoms with Gasteiger partial charge in [-0.15, -0.1) is 0 Å². The maximum atomic E-state index is 11.6. The largest absolute Gasteiger partial charge is 0.495 e. The third kappa shape index (κ3) is 3.53. The molecule has 0 saturated heterocycles. The van der Waals surface area contributed by atoms with E-state index in [0.29, 0.717) is 33.8 Å². The molecule has 26 heavy (non-hydrogen) atoms. The average molecular weight is 368 g/mol. The maximum absolute atomic E-state index is 11.6. The number of carboxylic acids is 1. The van der Waals surface area contributed by atoms with Crippen LogP contribution < -0.4 is 10.1 Å². The highest BCUT2D eigenvalue weighted by Crippen LogP contribution is 2.26. The number of anilines is 1. The number of rotatable bonds is 5. The number of methoxy groups -OCH3 is 1. The zero-order valence-corrected chi connectivity index (χ0v) is 14.5. The molecule has 0 spiro atoms. The Labute approximate surface area is 154 Å². The fourth-order valence-electron chi connectivity index (χ4n) is 2.55. The molecule has 0 radical (unpaired) electrons. The van der Waals surface area contributed by atoms with Crippen molar-refractivity contribution in [2.75, 3.05) is 12.4 Å². The van der Waals surface area contributed by atoms with E-state index in [0.717, 1.165) is 5.56 Å². The first-order chi connectivity index (χ1) is 12.5. The van der Waals surface area contributed by atoms with Crippen LogP contribution in [0.2, 0.25) is 5.02 Å². The molecule has 6 nitrogen and oxygen atoms in total. The lowest BCUT2D eigenvalue weighted by atomic mass is 10.1. The van der Waals surface area contributed by atoms with Gasteiger partial charge in [0.1, 0.15) is 17.1 Å². The fourth-order valence-corrected chi connectivity index (χ4v) is 2.83. The van der Waals surface area contributed by atoms with Crippen LogP contribution in [0.25, 0.3) is 10.9 Å². The topological polar surface area (TPSA) is 95.2 Å². The van der Waals surface area contributed by atoms with Crippen LogP contribution in [0.5, 0.6) is 5.75 Å². The SMILES string of the molecule is COc1ccc(CNc2nc3ccc(C#N)cc3cc2C(=O)O)cc1Cl. The van der Waals surface area contributed by atoms with Crippen molar-refractivity contribution in [3.8, 4) is 11.8 Å². The first-order valence-corrected chi connectivity index (χ1v) is 8.04. The van der Waals surface area contributed by atoms with E-state index in [4.69, 9.17) is 21.6 Å². The van der Waals surface area contributed by atoms with Gasteiger partial charge in [0.15, 0.2) is 0 Å². The number of pyridine rings is 1. The molecule has 0 bridgehead atoms. The summed E-state index contributed by atoms with van der Waals surface area (Å²) in [5, 5.41) is 22.6. The summed E-state index contributed by atoms with van der Waals surface area (Å²) >= 11 is 6.11. The minimum absolute atomic E-state index is 0.0344. The second-order valence-electron chi connectivity index (χ2n) is 5.53. The van der Waals surface area contributed by atoms with Gasteiger partial charge in [0.25, 0.3) is 0 Å². The molecule has 7 heteroatoms. The van der Waals surface area contributed by atoms with Gasteiger partial charge in [-0.05, 0) is 42.0 Å². The van der Waals surface area contributed by atoms with Crippen LogP contribution in [-0.2, 0) is 6.54 Å². The number of hydrogen-bond acceptors (Lipinski definition) is 5. The van der Waals surface area contributed by atoms with Crippen molar-refractivity contribution in [1.82, 2.24) is 4.98 Å². The summed E-state index contributed by atoms with van der Waals surface area (Å²) < 4.78 is 5.12. The highest BCUT2D eigenvalue weighted by atomic mass is 35.5. The molecule has 0 unspecified atom stereocenters. The molecule has 0 saturated carbocycles. The number of nitrogens with one attached hydrogen (secondary N) is 1. The summed E-state index contributed by atoms with van der Waals surface area (Å²) in [5.41, 5.74) is 1.94. The highest BCUT2D eigenvalue weighted by molar-refractivity contribution is 6.32. The third-order valence-electron chi connectivity index (χ3n) is 3.85. The molecule has 0 fully saturated rings. The van der Waals surface area contributed by atoms with Gasteiger partial charge in [0, 0.05) is 11.9 Å². The highest BCUT2D eigenvalue weighted by Gasteiger charge is 2.14. The van der Waals surface area contributed by atoms with E-state index in [2.05, 4.69) is 10.3 Å². The molecule has 3 rings (SSSR count). The number of carboxylic acid groups (broad SMARTS) is 1. The zero-order chi connectivity index (χ0) is 18.7. The predicted octanol–water partition coefficient (Wildman–Crippen LogP) is 4.08. The number of halogens is 1. The van der Waals surface area contributed by atoms with Gasteiger partial charge in [-0.2, -0.15) is 5.26 Å². The second-order valence-corrected chi connectivity index (χ2v) is 5.94. The minimum atomic E-state index is -1.10. The smallest absolute Gasteiger partial charge is 0.339 e. The number of fused-ring (bicyclic) bond motifs is 1. The molecule has 0 aliphatic rings. The zero-order valence-electron chi connectivity index (χ0n) is 13.8. The molecule has 0 atom stereocenters. The second kappa shape index (κ2) is 7.30. The third-order valence-corrected chi connectivity index (χ3v) is 4.15. The van der Waals surface area contributed by atoms with Crippen LogP contribution in [0.4, 0.5) is 5.82 Å². The number of hydrogen-bond donors (Lipinski definition) is 2. The van der Waals surface area contributed by atoms with E-state index >= 15 is 0 Å². The van der Waals surface area contributed by atoms with Crippen LogP contribution in [0.3, 0.4) is 0 Å². The van der Waals surface area contributed by atoms with Crippen molar-refractivity contribution in [2.45, 2.75) is 6.54 Å². The number of carbonyl (C=O) groups is 1. The molecule has 0 amide bonds. The molecule has 130 valence electrons. The molecular weight excluding hydrogens is 354 g/mol. The number of aromatic nitrogens is 1. The van der Waals surface area contributed by atoms with Gasteiger partial charge in [0.2, 0.25) is 0 Å². The summed E-state index contributed by atoms with van der Waals surface area (Å²) in [6, 6.07) is 13.8. The van der Waals surface area contributed by atoms with Crippen molar-refractivity contribution < 1.29 is 14.6 Å². The lowest BCUT2D eigenvalue weighted by Gasteiger charge is -2.11. The van der Waals surface area contributed by atoms with Gasteiger partial charge < -0.3 is 15.2 Å². The van der Waals surface area contributed by atoms with Gasteiger partial charge in [-0.3, -0.25) is 0 Å². The van der Waals surface area contributed by atoms with Crippen LogP contribution >= 0.6 is 11.6 Å². The summed E-state index contributed by atoms with van der Waals surface area (Å²) in [6.07, 6.45) is 0. The van der Waals surface area contributed by atoms with Gasteiger partial charge in [-0.1, -0.05) is 17.7 Å². The molecule has 0 aliphatic carbocycles. The normalized spacial score (nSPS) is 10.3. The quantitative estimate of drug-likeness (QED) is 0.705. The Bertz CT molecular complexity index is 1040. The Balaban J connectivity index is 1.93. The molecule has 3 aromatic rings. The van der Waals surface area contributed by atoms with Crippen molar-refractivity contribution >= 4 is 34.3 Å². The lowest BCUT2D eigenvalue weighted by Crippen LogP contribution is -2.09. The standard InChI is InChI=1S/C19H14ClN3O3/c1-26-17-5-3-12(7-15(17)20)10-22-18-14(19(24)25)8-13-6-11(9-21)2-4-16(13)23-18/h2-8H,10H2,1H3,(H,22,23)(H,24,25). The summed E-state index contributed by atoms with van der Waals surface area (Å²) in [7, 11) is 1.54. The predicted molar refractivity (Wildman–Crippen MR) is 98.7 cm³/mol. The molecular formula is C19H14ClN3O3. The van der Waals surface area contributed by atoms with Crippen molar-refractivity contribution in [3.63, 3.8) is 0 Å². The number of benzene rings is 2. The number of aromatic carboxylic acids is 1. The summed E-state index contributed by atoms with van der Waals surface area (Å²) in [4.78, 5) is 16.0. The molecule has 1 heterocycles. The molecule has 0 aliphatic heterocycles. The fraction of sp³-hybridized carbons (Fsp3) is 0.105. The van der Waals surface area contributed by atoms with Gasteiger partial charge in [0.05, 0.1) is 29.3 Å². The van der Waals surface area contributed by atoms with E-state index in [1.165, 1.54) is 13.2 Å². The first-order valence-electron chi connectivity index (χ1n) is 7.66. The maximum Gasteiger partial charge on any atom is 0.339 e. The van der Waals surface area contributed by atoms with Crippen LogP contribution in [-0.4, -0.2) is 23.2 Å². The minimum Gasteiger partial charge on any atom is -0.495 e. The van der Waals surface area contributed by atoms with Gasteiger partial charge in [-0.25, -0.2) is 9.78 Å². The summed E-state index contributed by atoms with van der Waals surface area (Å²) in [5.74, 6) is -0.280. The van der Waals surface area contributed by atoms with Gasteiger partial charge >= 0.3 is 5.97 Å². The summed E-state index contributed by atoms with van der Waals surface area (Å²) in [6.45, 7) is 0.346. The van der Waals surface area contributed by atoms with Crippen molar-refractivity contribution in [2.24, 2.45) is 0 Å². The van der Waals surface area contributed by atoms with Crippen LogP contribution in [0.1, 0.15) is 21.5 Å².